The van der Waals surface area contributed by atoms with E-state index >= 15 is 0 Å². The summed E-state index contributed by atoms with van der Waals surface area (Å²) < 4.78 is 0. The van der Waals surface area contributed by atoms with Crippen LogP contribution in [0.15, 0.2) is 24.3 Å². The number of rotatable bonds is 6. The fraction of sp³-hybridized carbons (Fsp3) is 0.467. The zero-order chi connectivity index (χ0) is 14.5. The molecule has 4 heteroatoms. The highest BCUT2D eigenvalue weighted by Crippen LogP contribution is 2.16. The van der Waals surface area contributed by atoms with E-state index in [1.54, 1.807) is 24.3 Å². The summed E-state index contributed by atoms with van der Waals surface area (Å²) in [6.45, 7) is 6.03. The Bertz CT molecular complexity index is 464. The summed E-state index contributed by atoms with van der Waals surface area (Å²) in [5, 5.41) is 11.9. The van der Waals surface area contributed by atoms with Gasteiger partial charge in [-0.05, 0) is 31.4 Å². The molecule has 0 bridgehead atoms. The van der Waals surface area contributed by atoms with Crippen molar-refractivity contribution in [3.63, 3.8) is 0 Å². The quantitative estimate of drug-likeness (QED) is 0.829. The van der Waals surface area contributed by atoms with Gasteiger partial charge in [0.2, 0.25) is 0 Å². The third-order valence-corrected chi connectivity index (χ3v) is 3.58. The molecule has 1 rings (SSSR count). The molecule has 4 nitrogen and oxygen atoms in total. The molecule has 0 heterocycles. The van der Waals surface area contributed by atoms with Crippen molar-refractivity contribution in [2.45, 2.75) is 45.6 Å². The van der Waals surface area contributed by atoms with E-state index in [4.69, 9.17) is 5.11 Å². The summed E-state index contributed by atoms with van der Waals surface area (Å²) in [4.78, 5) is 23.1. The van der Waals surface area contributed by atoms with Crippen molar-refractivity contribution in [2.75, 3.05) is 0 Å². The fourth-order valence-corrected chi connectivity index (χ4v) is 1.83. The van der Waals surface area contributed by atoms with E-state index in [2.05, 4.69) is 5.32 Å². The Labute approximate surface area is 113 Å². The summed E-state index contributed by atoms with van der Waals surface area (Å²) in [7, 11) is 0. The zero-order valence-corrected chi connectivity index (χ0v) is 11.7. The summed E-state index contributed by atoms with van der Waals surface area (Å²) in [5.74, 6) is -1.14. The highest BCUT2D eigenvalue weighted by Gasteiger charge is 2.23. The van der Waals surface area contributed by atoms with Crippen LogP contribution < -0.4 is 5.32 Å². The lowest BCUT2D eigenvalue weighted by molar-refractivity contribution is -0.136. The van der Waals surface area contributed by atoms with Gasteiger partial charge in [0.25, 0.3) is 5.91 Å². The number of nitrogens with one attached hydrogen (secondary N) is 1. The minimum absolute atomic E-state index is 0.140. The van der Waals surface area contributed by atoms with Gasteiger partial charge in [-0.3, -0.25) is 9.59 Å². The maximum absolute atomic E-state index is 12.3. The van der Waals surface area contributed by atoms with Crippen molar-refractivity contribution in [2.24, 2.45) is 0 Å². The predicted molar refractivity (Wildman–Crippen MR) is 74.2 cm³/mol. The first-order chi connectivity index (χ1) is 8.91. The Balaban J connectivity index is 2.96. The van der Waals surface area contributed by atoms with Crippen molar-refractivity contribution in [3.8, 4) is 0 Å². The normalized spacial score (nSPS) is 11.1. The minimum atomic E-state index is -0.936. The standard InChI is InChI=1S/C15H21NO3/c1-4-15(3,5-2)16-14(19)12-9-7-6-8-11(12)10-13(17)18/h6-9H,4-5,10H2,1-3H3,(H,16,19)(H,17,18). The molecule has 0 atom stereocenters. The number of hydrogen-bond donors (Lipinski definition) is 2. The van der Waals surface area contributed by atoms with Crippen molar-refractivity contribution in [1.29, 1.82) is 0 Å². The highest BCUT2D eigenvalue weighted by atomic mass is 16.4. The third kappa shape index (κ3) is 4.09. The minimum Gasteiger partial charge on any atom is -0.481 e. The molecule has 0 aliphatic carbocycles. The van der Waals surface area contributed by atoms with Crippen LogP contribution in [-0.4, -0.2) is 22.5 Å². The largest absolute Gasteiger partial charge is 0.481 e. The molecule has 0 saturated carbocycles. The number of carbonyl (C=O) groups is 2. The molecule has 0 spiro atoms. The topological polar surface area (TPSA) is 66.4 Å². The van der Waals surface area contributed by atoms with E-state index in [0.29, 0.717) is 11.1 Å². The van der Waals surface area contributed by atoms with Crippen molar-refractivity contribution >= 4 is 11.9 Å². The molecular formula is C15H21NO3. The van der Waals surface area contributed by atoms with Gasteiger partial charge in [-0.15, -0.1) is 0 Å². The van der Waals surface area contributed by atoms with Gasteiger partial charge in [-0.25, -0.2) is 0 Å². The number of amides is 1. The smallest absolute Gasteiger partial charge is 0.307 e. The van der Waals surface area contributed by atoms with Crippen LogP contribution in [0.25, 0.3) is 0 Å². The van der Waals surface area contributed by atoms with E-state index in [0.717, 1.165) is 12.8 Å². The molecule has 1 aromatic carbocycles. The van der Waals surface area contributed by atoms with Crippen LogP contribution in [-0.2, 0) is 11.2 Å². The molecule has 0 unspecified atom stereocenters. The summed E-state index contributed by atoms with van der Waals surface area (Å²) in [6, 6.07) is 6.83. The van der Waals surface area contributed by atoms with Crippen LogP contribution in [0.3, 0.4) is 0 Å². The summed E-state index contributed by atoms with van der Waals surface area (Å²) >= 11 is 0. The predicted octanol–water partition coefficient (Wildman–Crippen LogP) is 2.62. The Morgan fingerprint density at radius 3 is 2.32 bits per heavy atom. The lowest BCUT2D eigenvalue weighted by atomic mass is 9.94. The highest BCUT2D eigenvalue weighted by molar-refractivity contribution is 5.97. The number of benzene rings is 1. The van der Waals surface area contributed by atoms with Crippen LogP contribution >= 0.6 is 0 Å². The Morgan fingerprint density at radius 2 is 1.79 bits per heavy atom. The van der Waals surface area contributed by atoms with Crippen LogP contribution in [0.5, 0.6) is 0 Å². The van der Waals surface area contributed by atoms with E-state index in [-0.39, 0.29) is 17.9 Å². The zero-order valence-electron chi connectivity index (χ0n) is 11.7. The average molecular weight is 263 g/mol. The maximum Gasteiger partial charge on any atom is 0.307 e. The van der Waals surface area contributed by atoms with Crippen molar-refractivity contribution in [3.05, 3.63) is 35.4 Å². The molecule has 0 aliphatic rings. The molecule has 1 amide bonds. The number of carboxylic acid groups (broad SMARTS) is 1. The summed E-state index contributed by atoms with van der Waals surface area (Å²) in [6.07, 6.45) is 1.52. The second-order valence-electron chi connectivity index (χ2n) is 4.95. The van der Waals surface area contributed by atoms with E-state index < -0.39 is 5.97 Å². The monoisotopic (exact) mass is 263 g/mol. The first-order valence-electron chi connectivity index (χ1n) is 6.54. The molecule has 104 valence electrons. The first kappa shape index (κ1) is 15.2. The van der Waals surface area contributed by atoms with Gasteiger partial charge in [0.05, 0.1) is 6.42 Å². The van der Waals surface area contributed by atoms with Gasteiger partial charge in [0.1, 0.15) is 0 Å². The van der Waals surface area contributed by atoms with Gasteiger partial charge >= 0.3 is 5.97 Å². The molecule has 0 fully saturated rings. The molecule has 0 radical (unpaired) electrons. The molecule has 0 saturated heterocycles. The average Bonchev–Trinajstić information content (AvgIpc) is 2.38. The Kier molecular flexibility index (Phi) is 5.10. The second kappa shape index (κ2) is 6.36. The molecule has 0 aliphatic heterocycles. The lowest BCUT2D eigenvalue weighted by Crippen LogP contribution is -2.45. The van der Waals surface area contributed by atoms with Gasteiger partial charge in [-0.1, -0.05) is 32.0 Å². The van der Waals surface area contributed by atoms with Crippen LogP contribution in [0.4, 0.5) is 0 Å². The Hall–Kier alpha value is -1.84. The second-order valence-corrected chi connectivity index (χ2v) is 4.95. The van der Waals surface area contributed by atoms with Crippen LogP contribution in [0.1, 0.15) is 49.5 Å². The molecule has 19 heavy (non-hydrogen) atoms. The Morgan fingerprint density at radius 1 is 1.21 bits per heavy atom. The summed E-state index contributed by atoms with van der Waals surface area (Å²) in [5.41, 5.74) is 0.730. The van der Waals surface area contributed by atoms with Gasteiger partial charge in [0, 0.05) is 11.1 Å². The van der Waals surface area contributed by atoms with Crippen molar-refractivity contribution in [1.82, 2.24) is 5.32 Å². The van der Waals surface area contributed by atoms with Crippen LogP contribution in [0, 0.1) is 0 Å². The van der Waals surface area contributed by atoms with E-state index in [1.165, 1.54) is 0 Å². The number of aliphatic carboxylic acids is 1. The maximum atomic E-state index is 12.3. The first-order valence-corrected chi connectivity index (χ1v) is 6.54. The third-order valence-electron chi connectivity index (χ3n) is 3.58. The van der Waals surface area contributed by atoms with E-state index in [9.17, 15) is 9.59 Å². The molecular weight excluding hydrogens is 242 g/mol. The van der Waals surface area contributed by atoms with Crippen LogP contribution in [0.2, 0.25) is 0 Å². The number of carbonyl (C=O) groups excluding carboxylic acids is 1. The molecule has 0 aromatic heterocycles. The van der Waals surface area contributed by atoms with E-state index in [1.807, 2.05) is 20.8 Å². The molecule has 2 N–H and O–H groups in total. The van der Waals surface area contributed by atoms with Crippen molar-refractivity contribution < 1.29 is 14.7 Å². The van der Waals surface area contributed by atoms with Gasteiger partial charge < -0.3 is 10.4 Å². The molecule has 1 aromatic rings. The number of carboxylic acids is 1. The van der Waals surface area contributed by atoms with Gasteiger partial charge in [-0.2, -0.15) is 0 Å². The lowest BCUT2D eigenvalue weighted by Gasteiger charge is -2.28. The SMILES string of the molecule is CCC(C)(CC)NC(=O)c1ccccc1CC(=O)O. The van der Waals surface area contributed by atoms with Gasteiger partial charge in [0.15, 0.2) is 0 Å². The number of hydrogen-bond acceptors (Lipinski definition) is 2. The fourth-order valence-electron chi connectivity index (χ4n) is 1.83.